The number of halogens is 3. The van der Waals surface area contributed by atoms with Gasteiger partial charge in [-0.15, -0.1) is 0 Å². The quantitative estimate of drug-likeness (QED) is 0.0440. The van der Waals surface area contributed by atoms with Crippen LogP contribution in [-0.2, 0) is 63.6 Å². The van der Waals surface area contributed by atoms with Crippen LogP contribution in [0.5, 0.6) is 0 Å². The zero-order valence-electron chi connectivity index (χ0n) is 48.7. The molecule has 0 spiro atoms. The largest absolute Gasteiger partial charge is 0.480 e. The van der Waals surface area contributed by atoms with Crippen LogP contribution >= 0.6 is 0 Å². The van der Waals surface area contributed by atoms with Crippen LogP contribution in [0.15, 0.2) is 55.0 Å². The van der Waals surface area contributed by atoms with Crippen LogP contribution < -0.4 is 16.0 Å². The summed E-state index contributed by atoms with van der Waals surface area (Å²) < 4.78 is 79.0. The van der Waals surface area contributed by atoms with Gasteiger partial charge in [-0.2, -0.15) is 13.2 Å². The molecule has 3 aromatic rings. The maximum Gasteiger partial charge on any atom is 0.389 e. The number of ether oxygens (including phenoxy) is 7. The lowest BCUT2D eigenvalue weighted by molar-refractivity contribution is -0.172. The molecule has 5 amide bonds. The molecule has 0 unspecified atom stereocenters. The van der Waals surface area contributed by atoms with Crippen molar-refractivity contribution in [2.75, 3.05) is 132 Å². The van der Waals surface area contributed by atoms with Crippen molar-refractivity contribution >= 4 is 46.5 Å². The summed E-state index contributed by atoms with van der Waals surface area (Å²) in [5, 5.41) is 29.4. The van der Waals surface area contributed by atoms with E-state index in [2.05, 4.69) is 25.9 Å². The highest BCUT2D eigenvalue weighted by Crippen LogP contribution is 2.37. The minimum atomic E-state index is -4.41. The van der Waals surface area contributed by atoms with Gasteiger partial charge in [-0.25, -0.2) is 9.78 Å². The van der Waals surface area contributed by atoms with E-state index in [9.17, 15) is 52.2 Å². The highest BCUT2D eigenvalue weighted by molar-refractivity contribution is 5.92. The van der Waals surface area contributed by atoms with E-state index in [1.54, 1.807) is 14.7 Å². The van der Waals surface area contributed by atoms with Gasteiger partial charge in [0.1, 0.15) is 24.3 Å². The number of carboxylic acids is 2. The van der Waals surface area contributed by atoms with E-state index in [0.717, 1.165) is 16.3 Å². The first-order valence-electron chi connectivity index (χ1n) is 28.9. The number of aromatic amines is 1. The lowest BCUT2D eigenvalue weighted by Gasteiger charge is -2.55. The van der Waals surface area contributed by atoms with E-state index < -0.39 is 72.8 Å². The van der Waals surface area contributed by atoms with Gasteiger partial charge >= 0.3 is 24.1 Å². The fraction of sp³-hybridized carbons (Fsp3) is 0.667. The van der Waals surface area contributed by atoms with Gasteiger partial charge in [0, 0.05) is 57.3 Å². The first kappa shape index (κ1) is 68.7. The van der Waals surface area contributed by atoms with Gasteiger partial charge < -0.3 is 78.6 Å². The van der Waals surface area contributed by atoms with E-state index in [0.29, 0.717) is 65.0 Å². The average molecular weight is 1190 g/mol. The monoisotopic (exact) mass is 1190 g/mol. The Labute approximate surface area is 488 Å². The van der Waals surface area contributed by atoms with Crippen LogP contribution in [0.1, 0.15) is 77.1 Å². The van der Waals surface area contributed by atoms with Crippen molar-refractivity contribution in [1.82, 2.24) is 45.5 Å². The predicted molar refractivity (Wildman–Crippen MR) is 301 cm³/mol. The van der Waals surface area contributed by atoms with Crippen LogP contribution in [-0.4, -0.2) is 244 Å². The number of hydrogen-bond acceptors (Lipinski definition) is 16. The molecule has 1 aromatic heterocycles. The van der Waals surface area contributed by atoms with Crippen LogP contribution in [0.25, 0.3) is 10.8 Å². The number of hydrogen-bond donors (Lipinski definition) is 6. The van der Waals surface area contributed by atoms with Gasteiger partial charge in [0.15, 0.2) is 0 Å². The number of nitrogens with zero attached hydrogens (tertiary/aromatic N) is 5. The Morgan fingerprint density at radius 3 is 1.93 bits per heavy atom. The van der Waals surface area contributed by atoms with E-state index in [-0.39, 0.29) is 122 Å². The molecule has 84 heavy (non-hydrogen) atoms. The third-order valence-corrected chi connectivity index (χ3v) is 14.6. The maximum atomic E-state index is 14.5. The van der Waals surface area contributed by atoms with E-state index in [1.165, 1.54) is 24.3 Å². The third kappa shape index (κ3) is 22.8. The fourth-order valence-corrected chi connectivity index (χ4v) is 9.86. The lowest BCUT2D eigenvalue weighted by atomic mass is 9.90. The number of aromatic nitrogens is 2. The molecule has 7 atom stereocenters. The standard InChI is InChI=1S/C57H86F3N9O15/c1-5-40(2)51-53(72)68(42(4)45-13-8-11-43-10-6-7-12-46(43)45)38-49-67(20-15-50(70)69(49)51)56(77)66(19-9-16-57(58,59)60)21-23-79-25-27-81-29-31-83-33-35-84-34-32-82-30-28-80-26-24-78-22-18-63-52(71)41(3)65-47(54(73)74)14-17-62-48(55(75)76)36-44-37-61-39-64-44/h6-8,10-13,37,39-42,47-49,51,62,65H,5,9,14-36,38H2,1-4H3,(H,61,64)(H,63,71)(H,73,74)(H,75,76)/t40-,41-,42+,47-,48+,49+,51-/m0/s1. The van der Waals surface area contributed by atoms with E-state index in [4.69, 9.17) is 33.2 Å². The maximum absolute atomic E-state index is 14.5. The number of nitrogens with one attached hydrogen (secondary N) is 4. The number of alkyl halides is 3. The SMILES string of the molecule is CC[C@H](C)[C@H]1C(=O)N([C@H](C)c2cccc3ccccc23)C[C@@H]2N(C(=O)N(CCCC(F)(F)F)CCOCCOCCOCCOCCOCCOCCOCCNC(=O)[C@H](C)N[C@@H](CCN[C@H](Cc3cnc[nH]3)C(=O)O)C(=O)O)CCC(=O)N12. The second kappa shape index (κ2) is 36.7. The fourth-order valence-electron chi connectivity index (χ4n) is 9.86. The molecule has 0 radical (unpaired) electrons. The number of piperazine rings is 1. The molecule has 2 fully saturated rings. The summed E-state index contributed by atoms with van der Waals surface area (Å²) in [4.78, 5) is 91.5. The molecule has 2 aliphatic heterocycles. The molecule has 6 N–H and O–H groups in total. The number of amides is 5. The van der Waals surface area contributed by atoms with Gasteiger partial charge in [-0.3, -0.25) is 29.3 Å². The molecule has 2 saturated heterocycles. The number of imidazole rings is 1. The zero-order chi connectivity index (χ0) is 60.9. The molecule has 3 heterocycles. The number of urea groups is 1. The van der Waals surface area contributed by atoms with Crippen LogP contribution in [0.2, 0.25) is 0 Å². The molecule has 0 aliphatic carbocycles. The van der Waals surface area contributed by atoms with Gasteiger partial charge in [0.05, 0.1) is 117 Å². The summed E-state index contributed by atoms with van der Waals surface area (Å²) >= 11 is 0. The minimum absolute atomic E-state index is 0.00112. The number of H-pyrrole nitrogens is 1. The lowest BCUT2D eigenvalue weighted by Crippen LogP contribution is -2.73. The summed E-state index contributed by atoms with van der Waals surface area (Å²) in [5.74, 6) is -3.35. The first-order chi connectivity index (χ1) is 40.4. The normalized spacial score (nSPS) is 17.4. The van der Waals surface area contributed by atoms with Crippen LogP contribution in [0.4, 0.5) is 18.0 Å². The smallest absolute Gasteiger partial charge is 0.389 e. The van der Waals surface area contributed by atoms with Gasteiger partial charge in [0.2, 0.25) is 17.7 Å². The van der Waals surface area contributed by atoms with Crippen molar-refractivity contribution < 1.29 is 85.3 Å². The Hall–Kier alpha value is -6.04. The number of carbonyl (C=O) groups is 6. The first-order valence-corrected chi connectivity index (χ1v) is 28.9. The molecule has 27 heteroatoms. The van der Waals surface area contributed by atoms with Gasteiger partial charge in [-0.05, 0) is 55.5 Å². The van der Waals surface area contributed by atoms with Gasteiger partial charge in [0.25, 0.3) is 0 Å². The number of carboxylic acid groups (broad SMARTS) is 2. The van der Waals surface area contributed by atoms with Crippen molar-refractivity contribution in [1.29, 1.82) is 0 Å². The highest BCUT2D eigenvalue weighted by atomic mass is 19.4. The molecule has 5 rings (SSSR count). The van der Waals surface area contributed by atoms with Crippen LogP contribution in [0.3, 0.4) is 0 Å². The summed E-state index contributed by atoms with van der Waals surface area (Å²) in [6.45, 7) is 11.3. The van der Waals surface area contributed by atoms with E-state index in [1.807, 2.05) is 63.2 Å². The van der Waals surface area contributed by atoms with Crippen molar-refractivity contribution in [2.24, 2.45) is 5.92 Å². The summed E-state index contributed by atoms with van der Waals surface area (Å²) in [6.07, 6.45) is -2.92. The van der Waals surface area contributed by atoms with Crippen molar-refractivity contribution in [3.05, 3.63) is 66.2 Å². The Balaban J connectivity index is 0.883. The number of carbonyl (C=O) groups excluding carboxylic acids is 4. The second-order valence-corrected chi connectivity index (χ2v) is 20.6. The highest BCUT2D eigenvalue weighted by Gasteiger charge is 2.52. The average Bonchev–Trinajstić information content (AvgIpc) is 1.20. The number of aliphatic carboxylic acids is 2. The molecule has 0 bridgehead atoms. The summed E-state index contributed by atoms with van der Waals surface area (Å²) in [7, 11) is 0. The Morgan fingerprint density at radius 1 is 0.774 bits per heavy atom. The van der Waals surface area contributed by atoms with E-state index >= 15 is 0 Å². The molecule has 2 aromatic carbocycles. The zero-order valence-corrected chi connectivity index (χ0v) is 48.7. The molecule has 2 aliphatic rings. The Morgan fingerprint density at radius 2 is 1.36 bits per heavy atom. The molecule has 24 nitrogen and oxygen atoms in total. The topological polar surface area (TPSA) is 285 Å². The summed E-state index contributed by atoms with van der Waals surface area (Å²) in [6, 6.07) is 9.16. The summed E-state index contributed by atoms with van der Waals surface area (Å²) in [5.41, 5.74) is 1.54. The minimum Gasteiger partial charge on any atom is -0.480 e. The molecular formula is C57H86F3N9O15. The second-order valence-electron chi connectivity index (χ2n) is 20.6. The number of fused-ring (bicyclic) bond motifs is 2. The number of benzene rings is 2. The van der Waals surface area contributed by atoms with Crippen molar-refractivity contribution in [2.45, 2.75) is 109 Å². The van der Waals surface area contributed by atoms with Crippen molar-refractivity contribution in [3.63, 3.8) is 0 Å². The third-order valence-electron chi connectivity index (χ3n) is 14.6. The van der Waals surface area contributed by atoms with Crippen LogP contribution in [0, 0.1) is 5.92 Å². The Bertz CT molecular complexity index is 2460. The molecular weight excluding hydrogens is 1110 g/mol. The van der Waals surface area contributed by atoms with Gasteiger partial charge in [-0.1, -0.05) is 62.7 Å². The van der Waals surface area contributed by atoms with Crippen molar-refractivity contribution in [3.8, 4) is 0 Å². The molecule has 0 saturated carbocycles. The predicted octanol–water partition coefficient (Wildman–Crippen LogP) is 3.85. The molecule has 470 valence electrons. The number of rotatable bonds is 42. The Kier molecular flexibility index (Phi) is 30.1.